The molecule has 2 aromatic rings. The number of carbonyl (C=O) groups excluding carboxylic acids is 1. The second kappa shape index (κ2) is 8.21. The second-order valence-corrected chi connectivity index (χ2v) is 8.12. The van der Waals surface area contributed by atoms with E-state index in [0.29, 0.717) is 17.8 Å². The smallest absolute Gasteiger partial charge is 0.276 e. The average Bonchev–Trinajstić information content (AvgIpc) is 3.43. The fraction of sp³-hybridized carbons (Fsp3) is 0.571. The second-order valence-electron chi connectivity index (χ2n) is 8.12. The number of hydrogen-bond acceptors (Lipinski definition) is 4. The molecule has 7 heteroatoms. The molecule has 1 aliphatic heterocycles. The number of rotatable bonds is 4. The van der Waals surface area contributed by atoms with Crippen molar-refractivity contribution in [1.82, 2.24) is 25.2 Å². The lowest BCUT2D eigenvalue weighted by atomic mass is 9.86. The highest BCUT2D eigenvalue weighted by Gasteiger charge is 2.40. The van der Waals surface area contributed by atoms with Crippen LogP contribution in [-0.2, 0) is 6.42 Å². The minimum Gasteiger partial charge on any atom is -0.327 e. The minimum absolute atomic E-state index is 0. The maximum atomic E-state index is 13.4. The Labute approximate surface area is 172 Å². The topological polar surface area (TPSA) is 63.1 Å². The van der Waals surface area contributed by atoms with Gasteiger partial charge in [0.2, 0.25) is 0 Å². The van der Waals surface area contributed by atoms with Crippen LogP contribution in [0.2, 0.25) is 0 Å². The first-order valence-electron chi connectivity index (χ1n) is 10.3. The Balaban J connectivity index is 0.00000192. The molecule has 1 aromatic carbocycles. The number of nitrogens with one attached hydrogen (secondary N) is 1. The van der Waals surface area contributed by atoms with Crippen molar-refractivity contribution in [3.8, 4) is 0 Å². The van der Waals surface area contributed by atoms with Gasteiger partial charge in [-0.3, -0.25) is 4.79 Å². The molecule has 1 atom stereocenters. The highest BCUT2D eigenvalue weighted by Crippen LogP contribution is 2.41. The minimum atomic E-state index is 0. The summed E-state index contributed by atoms with van der Waals surface area (Å²) in [5.74, 6) is 0.0550. The van der Waals surface area contributed by atoms with Crippen molar-refractivity contribution in [3.05, 3.63) is 47.3 Å². The monoisotopic (exact) mass is 401 g/mol. The molecular weight excluding hydrogens is 374 g/mol. The number of nitrogens with zero attached hydrogens (tertiary/aromatic N) is 4. The van der Waals surface area contributed by atoms with Crippen molar-refractivity contribution >= 4 is 18.3 Å². The van der Waals surface area contributed by atoms with Gasteiger partial charge in [0, 0.05) is 6.04 Å². The maximum absolute atomic E-state index is 13.4. The lowest BCUT2D eigenvalue weighted by molar-refractivity contribution is 0.0631. The Hall–Kier alpha value is -1.92. The molecule has 150 valence electrons. The van der Waals surface area contributed by atoms with E-state index in [1.54, 1.807) is 0 Å². The van der Waals surface area contributed by atoms with Gasteiger partial charge >= 0.3 is 0 Å². The van der Waals surface area contributed by atoms with E-state index >= 15 is 0 Å². The van der Waals surface area contributed by atoms with Crippen molar-refractivity contribution in [2.24, 2.45) is 0 Å². The number of carbonyl (C=O) groups is 1. The highest BCUT2D eigenvalue weighted by molar-refractivity contribution is 5.92. The lowest BCUT2D eigenvalue weighted by Gasteiger charge is -2.35. The number of fused-ring (bicyclic) bond motifs is 1. The molecule has 1 N–H and O–H groups in total. The molecule has 1 saturated carbocycles. The van der Waals surface area contributed by atoms with Gasteiger partial charge in [0.15, 0.2) is 5.69 Å². The van der Waals surface area contributed by atoms with Gasteiger partial charge in [-0.05, 0) is 69.2 Å². The van der Waals surface area contributed by atoms with Gasteiger partial charge in [-0.25, -0.2) is 4.68 Å². The SMILES string of the molecule is Cl.O=C(c1cn(C2CCNCC2)nn1)N(C1CC1)C1CCCc2ccccc21. The van der Waals surface area contributed by atoms with Crippen LogP contribution in [0, 0.1) is 0 Å². The molecule has 1 saturated heterocycles. The number of aromatic nitrogens is 3. The summed E-state index contributed by atoms with van der Waals surface area (Å²) in [6.45, 7) is 2.00. The molecule has 0 radical (unpaired) electrons. The van der Waals surface area contributed by atoms with Gasteiger partial charge < -0.3 is 10.2 Å². The number of piperidine rings is 1. The quantitative estimate of drug-likeness (QED) is 0.853. The zero-order valence-corrected chi connectivity index (χ0v) is 16.9. The third-order valence-corrected chi connectivity index (χ3v) is 6.26. The highest BCUT2D eigenvalue weighted by atomic mass is 35.5. The zero-order chi connectivity index (χ0) is 18.2. The first-order valence-corrected chi connectivity index (χ1v) is 10.3. The van der Waals surface area contributed by atoms with Crippen LogP contribution < -0.4 is 5.32 Å². The molecule has 6 nitrogen and oxygen atoms in total. The molecule has 2 heterocycles. The number of halogens is 1. The van der Waals surface area contributed by atoms with E-state index < -0.39 is 0 Å². The van der Waals surface area contributed by atoms with E-state index in [4.69, 9.17) is 0 Å². The van der Waals surface area contributed by atoms with Crippen molar-refractivity contribution in [1.29, 1.82) is 0 Å². The van der Waals surface area contributed by atoms with E-state index in [1.807, 2.05) is 10.9 Å². The van der Waals surface area contributed by atoms with Crippen molar-refractivity contribution in [2.45, 2.75) is 63.1 Å². The molecule has 0 bridgehead atoms. The summed E-state index contributed by atoms with van der Waals surface area (Å²) in [5.41, 5.74) is 3.23. The zero-order valence-electron chi connectivity index (χ0n) is 16.1. The molecule has 3 aliphatic rings. The molecule has 2 aliphatic carbocycles. The van der Waals surface area contributed by atoms with Crippen molar-refractivity contribution < 1.29 is 4.79 Å². The van der Waals surface area contributed by atoms with Crippen LogP contribution in [0.5, 0.6) is 0 Å². The fourth-order valence-electron chi connectivity index (χ4n) is 4.69. The van der Waals surface area contributed by atoms with Gasteiger partial charge in [0.25, 0.3) is 5.91 Å². The predicted octanol–water partition coefficient (Wildman–Crippen LogP) is 3.31. The van der Waals surface area contributed by atoms with Gasteiger partial charge in [-0.2, -0.15) is 0 Å². The largest absolute Gasteiger partial charge is 0.327 e. The number of aryl methyl sites for hydroxylation is 1. The van der Waals surface area contributed by atoms with Crippen LogP contribution >= 0.6 is 12.4 Å². The molecular formula is C21H28ClN5O. The van der Waals surface area contributed by atoms with Crippen LogP contribution in [0.1, 0.15) is 72.2 Å². The molecule has 0 spiro atoms. The van der Waals surface area contributed by atoms with Gasteiger partial charge in [0.05, 0.1) is 18.3 Å². The number of benzene rings is 1. The third-order valence-electron chi connectivity index (χ3n) is 6.26. The first-order chi connectivity index (χ1) is 13.3. The molecule has 2 fully saturated rings. The Bertz CT molecular complexity index is 828. The summed E-state index contributed by atoms with van der Waals surface area (Å²) in [4.78, 5) is 15.5. The van der Waals surface area contributed by atoms with E-state index in [1.165, 1.54) is 11.1 Å². The summed E-state index contributed by atoms with van der Waals surface area (Å²) in [7, 11) is 0. The van der Waals surface area contributed by atoms with E-state index in [-0.39, 0.29) is 24.4 Å². The van der Waals surface area contributed by atoms with E-state index in [9.17, 15) is 4.79 Å². The van der Waals surface area contributed by atoms with Gasteiger partial charge in [0.1, 0.15) is 0 Å². The van der Waals surface area contributed by atoms with Crippen LogP contribution in [-0.4, -0.2) is 44.9 Å². The van der Waals surface area contributed by atoms with E-state index in [2.05, 4.69) is 44.8 Å². The summed E-state index contributed by atoms with van der Waals surface area (Å²) in [6, 6.07) is 9.51. The van der Waals surface area contributed by atoms with Gasteiger partial charge in [-0.1, -0.05) is 29.5 Å². The third kappa shape index (κ3) is 3.67. The average molecular weight is 402 g/mol. The molecule has 1 unspecified atom stereocenters. The molecule has 1 amide bonds. The summed E-state index contributed by atoms with van der Waals surface area (Å²) in [6.07, 6.45) is 9.47. The van der Waals surface area contributed by atoms with Crippen molar-refractivity contribution in [2.75, 3.05) is 13.1 Å². The Morgan fingerprint density at radius 1 is 1.11 bits per heavy atom. The normalized spacial score (nSPS) is 22.2. The summed E-state index contributed by atoms with van der Waals surface area (Å²) < 4.78 is 1.91. The van der Waals surface area contributed by atoms with Crippen LogP contribution in [0.15, 0.2) is 30.5 Å². The molecule has 28 heavy (non-hydrogen) atoms. The number of amides is 1. The van der Waals surface area contributed by atoms with Crippen LogP contribution in [0.3, 0.4) is 0 Å². The summed E-state index contributed by atoms with van der Waals surface area (Å²) in [5, 5.41) is 11.9. The van der Waals surface area contributed by atoms with Crippen molar-refractivity contribution in [3.63, 3.8) is 0 Å². The van der Waals surface area contributed by atoms with Crippen LogP contribution in [0.25, 0.3) is 0 Å². The summed E-state index contributed by atoms with van der Waals surface area (Å²) >= 11 is 0. The Morgan fingerprint density at radius 2 is 1.89 bits per heavy atom. The Morgan fingerprint density at radius 3 is 2.68 bits per heavy atom. The molecule has 5 rings (SSSR count). The van der Waals surface area contributed by atoms with E-state index in [0.717, 1.165) is 58.0 Å². The lowest BCUT2D eigenvalue weighted by Crippen LogP contribution is -2.38. The number of hydrogen-bond donors (Lipinski definition) is 1. The predicted molar refractivity (Wildman–Crippen MR) is 110 cm³/mol. The molecule has 1 aromatic heterocycles. The van der Waals surface area contributed by atoms with Crippen LogP contribution in [0.4, 0.5) is 0 Å². The Kier molecular flexibility index (Phi) is 5.69. The first kappa shape index (κ1) is 19.4. The standard InChI is InChI=1S/C21H27N5O.ClH/c27-21(19-14-25(24-23-19)16-10-12-22-13-11-16)26(17-8-9-17)20-7-3-5-15-4-1-2-6-18(15)20;/h1-2,4,6,14,16-17,20,22H,3,5,7-13H2;1H. The maximum Gasteiger partial charge on any atom is 0.276 e. The fourth-order valence-corrected chi connectivity index (χ4v) is 4.69. The van der Waals surface area contributed by atoms with Gasteiger partial charge in [-0.15, -0.1) is 17.5 Å².